The number of esters is 1. The van der Waals surface area contributed by atoms with Gasteiger partial charge in [-0.25, -0.2) is 18.7 Å². The molecule has 1 N–H and O–H groups in total. The van der Waals surface area contributed by atoms with Gasteiger partial charge >= 0.3 is 5.97 Å². The first-order valence-electron chi connectivity index (χ1n) is 9.80. The van der Waals surface area contributed by atoms with Crippen LogP contribution in [0.25, 0.3) is 5.65 Å². The van der Waals surface area contributed by atoms with Crippen molar-refractivity contribution in [2.24, 2.45) is 0 Å². The number of carbonyl (C=O) groups is 2. The van der Waals surface area contributed by atoms with Crippen molar-refractivity contribution in [3.05, 3.63) is 69.5 Å². The van der Waals surface area contributed by atoms with Gasteiger partial charge in [-0.05, 0) is 43.4 Å². The fourth-order valence-electron chi connectivity index (χ4n) is 3.79. The van der Waals surface area contributed by atoms with Crippen molar-refractivity contribution in [3.8, 4) is 0 Å². The SMILES string of the molecule is CCOC(=O)c1c[nH]n2c(=O)c(C(=O)N3CCC(c4ccc(F)cc4)CC3)cnc12. The van der Waals surface area contributed by atoms with E-state index in [0.717, 1.165) is 22.9 Å². The van der Waals surface area contributed by atoms with Gasteiger partial charge in [0.1, 0.15) is 16.9 Å². The summed E-state index contributed by atoms with van der Waals surface area (Å²) >= 11 is 0. The van der Waals surface area contributed by atoms with Crippen LogP contribution in [0.5, 0.6) is 0 Å². The molecule has 1 aliphatic rings. The van der Waals surface area contributed by atoms with Gasteiger partial charge in [0.05, 0.1) is 6.61 Å². The number of piperidine rings is 1. The van der Waals surface area contributed by atoms with Crippen LogP contribution in [-0.4, -0.2) is 51.1 Å². The number of likely N-dealkylation sites (tertiary alicyclic amines) is 1. The first kappa shape index (κ1) is 19.8. The summed E-state index contributed by atoms with van der Waals surface area (Å²) in [5.74, 6) is -1.02. The highest BCUT2D eigenvalue weighted by atomic mass is 19.1. The Morgan fingerprint density at radius 1 is 1.20 bits per heavy atom. The molecule has 2 aromatic heterocycles. The second kappa shape index (κ2) is 8.10. The molecule has 1 aliphatic heterocycles. The molecule has 30 heavy (non-hydrogen) atoms. The van der Waals surface area contributed by atoms with E-state index < -0.39 is 17.4 Å². The Balaban J connectivity index is 1.51. The molecule has 1 fully saturated rings. The van der Waals surface area contributed by atoms with Crippen molar-refractivity contribution in [3.63, 3.8) is 0 Å². The largest absolute Gasteiger partial charge is 0.462 e. The maximum absolute atomic E-state index is 13.1. The number of aromatic nitrogens is 3. The highest BCUT2D eigenvalue weighted by molar-refractivity contribution is 5.97. The van der Waals surface area contributed by atoms with Crippen LogP contribution in [0.15, 0.2) is 41.5 Å². The zero-order valence-corrected chi connectivity index (χ0v) is 16.4. The molecule has 156 valence electrons. The molecule has 3 heterocycles. The molecule has 1 amide bonds. The maximum atomic E-state index is 13.1. The normalized spacial score (nSPS) is 14.8. The van der Waals surface area contributed by atoms with Crippen molar-refractivity contribution in [2.45, 2.75) is 25.7 Å². The monoisotopic (exact) mass is 412 g/mol. The molecule has 0 radical (unpaired) electrons. The van der Waals surface area contributed by atoms with E-state index in [4.69, 9.17) is 4.74 Å². The van der Waals surface area contributed by atoms with Crippen molar-refractivity contribution < 1.29 is 18.7 Å². The summed E-state index contributed by atoms with van der Waals surface area (Å²) in [6.45, 7) is 2.86. The molecule has 1 aromatic carbocycles. The minimum atomic E-state index is -0.593. The number of rotatable bonds is 4. The van der Waals surface area contributed by atoms with Crippen LogP contribution in [0, 0.1) is 5.82 Å². The molecule has 0 spiro atoms. The lowest BCUT2D eigenvalue weighted by atomic mass is 9.89. The van der Waals surface area contributed by atoms with E-state index in [9.17, 15) is 18.8 Å². The lowest BCUT2D eigenvalue weighted by Gasteiger charge is -2.32. The highest BCUT2D eigenvalue weighted by Gasteiger charge is 2.27. The standard InChI is InChI=1S/C21H21FN4O4/c1-2-30-21(29)16-12-24-26-18(16)23-11-17(20(26)28)19(27)25-9-7-14(8-10-25)13-3-5-15(22)6-4-13/h3-6,11-12,14,24H,2,7-10H2,1H3. The van der Waals surface area contributed by atoms with Crippen molar-refractivity contribution >= 4 is 17.5 Å². The fourth-order valence-corrected chi connectivity index (χ4v) is 3.79. The highest BCUT2D eigenvalue weighted by Crippen LogP contribution is 2.28. The lowest BCUT2D eigenvalue weighted by molar-refractivity contribution is 0.0528. The average Bonchev–Trinajstić information content (AvgIpc) is 3.20. The summed E-state index contributed by atoms with van der Waals surface area (Å²) in [5, 5.41) is 2.67. The van der Waals surface area contributed by atoms with Gasteiger partial charge in [-0.15, -0.1) is 0 Å². The van der Waals surface area contributed by atoms with E-state index in [2.05, 4.69) is 10.1 Å². The van der Waals surface area contributed by atoms with E-state index in [-0.39, 0.29) is 35.1 Å². The maximum Gasteiger partial charge on any atom is 0.343 e. The fraction of sp³-hybridized carbons (Fsp3) is 0.333. The Bertz CT molecular complexity index is 1140. The van der Waals surface area contributed by atoms with Crippen LogP contribution in [0.3, 0.4) is 0 Å². The van der Waals surface area contributed by atoms with Gasteiger partial charge in [0, 0.05) is 25.5 Å². The molecule has 4 rings (SSSR count). The van der Waals surface area contributed by atoms with Crippen molar-refractivity contribution in [2.75, 3.05) is 19.7 Å². The molecular weight excluding hydrogens is 391 g/mol. The Kier molecular flexibility index (Phi) is 5.35. The number of halogens is 1. The summed E-state index contributed by atoms with van der Waals surface area (Å²) in [7, 11) is 0. The number of carbonyl (C=O) groups excluding carboxylic acids is 2. The molecule has 0 bridgehead atoms. The van der Waals surface area contributed by atoms with Crippen LogP contribution >= 0.6 is 0 Å². The van der Waals surface area contributed by atoms with Gasteiger partial charge in [0.15, 0.2) is 5.65 Å². The molecule has 9 heteroatoms. The van der Waals surface area contributed by atoms with Crippen LogP contribution in [-0.2, 0) is 4.74 Å². The molecule has 0 aliphatic carbocycles. The molecule has 0 unspecified atom stereocenters. The number of hydrogen-bond acceptors (Lipinski definition) is 5. The van der Waals surface area contributed by atoms with Crippen LogP contribution in [0.1, 0.15) is 52.0 Å². The molecular formula is C21H21FN4O4. The average molecular weight is 412 g/mol. The quantitative estimate of drug-likeness (QED) is 0.664. The van der Waals surface area contributed by atoms with Crippen LogP contribution < -0.4 is 5.56 Å². The Hall–Kier alpha value is -3.49. The number of fused-ring (bicyclic) bond motifs is 1. The summed E-state index contributed by atoms with van der Waals surface area (Å²) in [6.07, 6.45) is 4.00. The number of nitrogens with zero attached hydrogens (tertiary/aromatic N) is 3. The number of hydrogen-bond donors (Lipinski definition) is 1. The van der Waals surface area contributed by atoms with Crippen molar-refractivity contribution in [1.29, 1.82) is 0 Å². The Morgan fingerprint density at radius 2 is 1.90 bits per heavy atom. The number of H-pyrrole nitrogens is 1. The Labute approximate surface area is 171 Å². The van der Waals surface area contributed by atoms with Gasteiger partial charge in [0.2, 0.25) is 0 Å². The molecule has 0 atom stereocenters. The van der Waals surface area contributed by atoms with Gasteiger partial charge in [0.25, 0.3) is 11.5 Å². The third-order valence-electron chi connectivity index (χ3n) is 5.39. The number of benzene rings is 1. The summed E-state index contributed by atoms with van der Waals surface area (Å²) in [5.41, 5.74) is 0.661. The van der Waals surface area contributed by atoms with Gasteiger partial charge < -0.3 is 9.64 Å². The smallest absolute Gasteiger partial charge is 0.343 e. The third kappa shape index (κ3) is 3.58. The minimum absolute atomic E-state index is 0.0648. The summed E-state index contributed by atoms with van der Waals surface area (Å²) < 4.78 is 19.1. The number of amides is 1. The predicted octanol–water partition coefficient (Wildman–Crippen LogP) is 2.36. The van der Waals surface area contributed by atoms with Crippen LogP contribution in [0.4, 0.5) is 4.39 Å². The summed E-state index contributed by atoms with van der Waals surface area (Å²) in [4.78, 5) is 43.4. The topological polar surface area (TPSA) is 96.8 Å². The predicted molar refractivity (Wildman–Crippen MR) is 106 cm³/mol. The molecule has 1 saturated heterocycles. The minimum Gasteiger partial charge on any atom is -0.462 e. The number of nitrogens with one attached hydrogen (secondary N) is 1. The van der Waals surface area contributed by atoms with E-state index in [1.807, 2.05) is 0 Å². The Morgan fingerprint density at radius 3 is 2.57 bits per heavy atom. The van der Waals surface area contributed by atoms with Gasteiger partial charge in [-0.3, -0.25) is 14.7 Å². The van der Waals surface area contributed by atoms with Gasteiger partial charge in [-0.2, -0.15) is 0 Å². The first-order chi connectivity index (χ1) is 14.5. The number of aromatic amines is 1. The third-order valence-corrected chi connectivity index (χ3v) is 5.39. The molecule has 3 aromatic rings. The van der Waals surface area contributed by atoms with Gasteiger partial charge in [-0.1, -0.05) is 12.1 Å². The lowest BCUT2D eigenvalue weighted by Crippen LogP contribution is -2.40. The van der Waals surface area contributed by atoms with E-state index in [1.165, 1.54) is 24.5 Å². The van der Waals surface area contributed by atoms with E-state index in [0.29, 0.717) is 13.1 Å². The summed E-state index contributed by atoms with van der Waals surface area (Å²) in [6, 6.07) is 6.42. The first-order valence-corrected chi connectivity index (χ1v) is 9.80. The molecule has 8 nitrogen and oxygen atoms in total. The second-order valence-corrected chi connectivity index (χ2v) is 7.16. The number of ether oxygens (including phenoxy) is 1. The molecule has 0 saturated carbocycles. The van der Waals surface area contributed by atoms with E-state index in [1.54, 1.807) is 24.0 Å². The zero-order chi connectivity index (χ0) is 21.3. The van der Waals surface area contributed by atoms with Crippen molar-refractivity contribution in [1.82, 2.24) is 19.5 Å². The van der Waals surface area contributed by atoms with Crippen LogP contribution in [0.2, 0.25) is 0 Å². The van der Waals surface area contributed by atoms with E-state index >= 15 is 0 Å². The second-order valence-electron chi connectivity index (χ2n) is 7.16. The zero-order valence-electron chi connectivity index (χ0n) is 16.4.